The zero-order valence-electron chi connectivity index (χ0n) is 17.9. The lowest BCUT2D eigenvalue weighted by Crippen LogP contribution is -2.62. The van der Waals surface area contributed by atoms with Crippen molar-refractivity contribution in [3.8, 4) is 0 Å². The van der Waals surface area contributed by atoms with Crippen molar-refractivity contribution < 1.29 is 18.0 Å². The molecule has 0 heterocycles. The van der Waals surface area contributed by atoms with Crippen molar-refractivity contribution >= 4 is 61.0 Å². The maximum atomic E-state index is 13.5. The van der Waals surface area contributed by atoms with Crippen LogP contribution < -0.4 is 11.1 Å². The van der Waals surface area contributed by atoms with Crippen LogP contribution in [0.3, 0.4) is 0 Å². The number of amides is 2. The SMILES string of the molecule is NC(=O)C12CC3CC(C1)C(NC(=O)CN(C1CC1)S(=O)(=O)c1c(Cl)cc(Br)cc1Cl)C(C3)C2. The third kappa shape index (κ3) is 4.22. The summed E-state index contributed by atoms with van der Waals surface area (Å²) in [5, 5.41) is 3.15. The van der Waals surface area contributed by atoms with E-state index in [4.69, 9.17) is 28.9 Å². The fraction of sp³-hybridized carbons (Fsp3) is 0.636. The molecule has 7 nitrogen and oxygen atoms in total. The molecule has 0 aromatic heterocycles. The minimum Gasteiger partial charge on any atom is -0.369 e. The molecule has 0 aliphatic heterocycles. The van der Waals surface area contributed by atoms with Gasteiger partial charge < -0.3 is 11.1 Å². The number of carbonyl (C=O) groups is 2. The Morgan fingerprint density at radius 1 is 1.12 bits per heavy atom. The highest BCUT2D eigenvalue weighted by atomic mass is 79.9. The van der Waals surface area contributed by atoms with E-state index >= 15 is 0 Å². The third-order valence-corrected chi connectivity index (χ3v) is 11.2. The number of nitrogens with two attached hydrogens (primary N) is 1. The fourth-order valence-electron chi connectivity index (χ4n) is 6.60. The van der Waals surface area contributed by atoms with E-state index in [1.807, 2.05) is 0 Å². The van der Waals surface area contributed by atoms with Gasteiger partial charge in [0.1, 0.15) is 4.90 Å². The van der Waals surface area contributed by atoms with Crippen molar-refractivity contribution in [2.75, 3.05) is 6.54 Å². The topological polar surface area (TPSA) is 110 Å². The van der Waals surface area contributed by atoms with Crippen molar-refractivity contribution in [2.24, 2.45) is 28.9 Å². The Balaban J connectivity index is 1.34. The van der Waals surface area contributed by atoms with Crippen LogP contribution in [0, 0.1) is 23.2 Å². The number of halogens is 3. The second-order valence-corrected chi connectivity index (χ2v) is 13.7. The van der Waals surface area contributed by atoms with Gasteiger partial charge in [-0.25, -0.2) is 8.42 Å². The van der Waals surface area contributed by atoms with Gasteiger partial charge in [-0.1, -0.05) is 39.1 Å². The van der Waals surface area contributed by atoms with Crippen LogP contribution in [0.1, 0.15) is 44.9 Å². The molecule has 5 aliphatic rings. The van der Waals surface area contributed by atoms with E-state index in [1.165, 1.54) is 16.4 Å². The maximum absolute atomic E-state index is 13.5. The highest BCUT2D eigenvalue weighted by molar-refractivity contribution is 9.10. The molecule has 6 rings (SSSR count). The lowest BCUT2D eigenvalue weighted by atomic mass is 9.47. The molecule has 3 N–H and O–H groups in total. The lowest BCUT2D eigenvalue weighted by Gasteiger charge is -2.58. The van der Waals surface area contributed by atoms with Gasteiger partial charge in [-0.05, 0) is 74.8 Å². The molecule has 0 saturated heterocycles. The minimum absolute atomic E-state index is 0.0122. The normalized spacial score (nSPS) is 32.8. The van der Waals surface area contributed by atoms with Crippen LogP contribution in [-0.2, 0) is 19.6 Å². The summed E-state index contributed by atoms with van der Waals surface area (Å²) in [7, 11) is -4.07. The summed E-state index contributed by atoms with van der Waals surface area (Å²) in [6, 6.07) is 2.67. The molecule has 11 heteroatoms. The Kier molecular flexibility index (Phi) is 6.04. The monoisotopic (exact) mass is 577 g/mol. The number of benzene rings is 1. The molecule has 0 radical (unpaired) electrons. The molecular formula is C22H26BrCl2N3O4S. The van der Waals surface area contributed by atoms with Crippen LogP contribution in [-0.4, -0.2) is 43.2 Å². The van der Waals surface area contributed by atoms with Crippen molar-refractivity contribution in [2.45, 2.75) is 61.9 Å². The van der Waals surface area contributed by atoms with Crippen molar-refractivity contribution in [1.29, 1.82) is 0 Å². The number of nitrogens with zero attached hydrogens (tertiary/aromatic N) is 1. The number of carbonyl (C=O) groups excluding carboxylic acids is 2. The second-order valence-electron chi connectivity index (χ2n) is 10.2. The molecule has 2 unspecified atom stereocenters. The molecule has 1 aromatic carbocycles. The van der Waals surface area contributed by atoms with Gasteiger partial charge in [0, 0.05) is 22.0 Å². The Hall–Kier alpha value is -0.870. The van der Waals surface area contributed by atoms with Gasteiger partial charge >= 0.3 is 0 Å². The summed E-state index contributed by atoms with van der Waals surface area (Å²) < 4.78 is 28.7. The molecule has 180 valence electrons. The van der Waals surface area contributed by atoms with Crippen LogP contribution in [0.25, 0.3) is 0 Å². The molecule has 5 fully saturated rings. The maximum Gasteiger partial charge on any atom is 0.246 e. The van der Waals surface area contributed by atoms with E-state index in [0.717, 1.165) is 19.3 Å². The van der Waals surface area contributed by atoms with Gasteiger partial charge in [0.05, 0.1) is 16.6 Å². The molecule has 2 amide bonds. The first-order chi connectivity index (χ1) is 15.5. The molecule has 5 aliphatic carbocycles. The van der Waals surface area contributed by atoms with Crippen molar-refractivity contribution in [1.82, 2.24) is 9.62 Å². The zero-order valence-corrected chi connectivity index (χ0v) is 21.8. The van der Waals surface area contributed by atoms with E-state index in [0.29, 0.717) is 36.1 Å². The molecule has 0 spiro atoms. The summed E-state index contributed by atoms with van der Waals surface area (Å²) in [5.74, 6) is 0.331. The first-order valence-electron chi connectivity index (χ1n) is 11.3. The van der Waals surface area contributed by atoms with Gasteiger partial charge in [-0.3, -0.25) is 9.59 Å². The summed E-state index contributed by atoms with van der Waals surface area (Å²) >= 11 is 15.7. The minimum atomic E-state index is -4.07. The summed E-state index contributed by atoms with van der Waals surface area (Å²) in [4.78, 5) is 25.1. The summed E-state index contributed by atoms with van der Waals surface area (Å²) in [6.45, 7) is -0.282. The van der Waals surface area contributed by atoms with Crippen LogP contribution in [0.15, 0.2) is 21.5 Å². The number of primary amides is 1. The molecule has 5 saturated carbocycles. The van der Waals surface area contributed by atoms with E-state index in [2.05, 4.69) is 21.2 Å². The quantitative estimate of drug-likeness (QED) is 0.514. The first kappa shape index (κ1) is 23.9. The highest BCUT2D eigenvalue weighted by Gasteiger charge is 2.58. The molecule has 4 bridgehead atoms. The molecule has 1 aromatic rings. The summed E-state index contributed by atoms with van der Waals surface area (Å²) in [5.41, 5.74) is 5.32. The third-order valence-electron chi connectivity index (χ3n) is 7.91. The number of sulfonamides is 1. The Morgan fingerprint density at radius 3 is 2.21 bits per heavy atom. The largest absolute Gasteiger partial charge is 0.369 e. The van der Waals surface area contributed by atoms with E-state index < -0.39 is 15.4 Å². The van der Waals surface area contributed by atoms with Crippen LogP contribution in [0.5, 0.6) is 0 Å². The molecule has 2 atom stereocenters. The first-order valence-corrected chi connectivity index (χ1v) is 14.2. The number of nitrogens with one attached hydrogen (secondary N) is 1. The molecular weight excluding hydrogens is 553 g/mol. The van der Waals surface area contributed by atoms with Crippen LogP contribution in [0.4, 0.5) is 0 Å². The lowest BCUT2D eigenvalue weighted by molar-refractivity contribution is -0.147. The average Bonchev–Trinajstić information content (AvgIpc) is 3.52. The second kappa shape index (κ2) is 8.36. The molecule has 33 heavy (non-hydrogen) atoms. The van der Waals surface area contributed by atoms with Gasteiger partial charge in [0.2, 0.25) is 21.8 Å². The highest BCUT2D eigenvalue weighted by Crippen LogP contribution is 2.59. The van der Waals surface area contributed by atoms with Gasteiger partial charge in [0.15, 0.2) is 0 Å². The van der Waals surface area contributed by atoms with Gasteiger partial charge in [0.25, 0.3) is 0 Å². The van der Waals surface area contributed by atoms with Crippen molar-refractivity contribution in [3.05, 3.63) is 26.7 Å². The predicted octanol–water partition coefficient (Wildman–Crippen LogP) is 3.71. The Labute approximate surface area is 211 Å². The Morgan fingerprint density at radius 2 is 1.70 bits per heavy atom. The van der Waals surface area contributed by atoms with Crippen molar-refractivity contribution in [3.63, 3.8) is 0 Å². The smallest absolute Gasteiger partial charge is 0.246 e. The van der Waals surface area contributed by atoms with Gasteiger partial charge in [-0.15, -0.1) is 0 Å². The zero-order chi connectivity index (χ0) is 23.7. The van der Waals surface area contributed by atoms with E-state index in [-0.39, 0.29) is 57.2 Å². The van der Waals surface area contributed by atoms with E-state index in [9.17, 15) is 18.0 Å². The summed E-state index contributed by atoms with van der Waals surface area (Å²) in [6.07, 6.45) is 5.60. The number of hydrogen-bond donors (Lipinski definition) is 2. The van der Waals surface area contributed by atoms with Gasteiger partial charge in [-0.2, -0.15) is 4.31 Å². The standard InChI is InChI=1S/C22H26BrCl2N3O4S/c23-14-5-16(24)20(17(25)6-14)33(31,32)28(15-1-2-15)10-18(29)27-19-12-3-11-4-13(19)9-22(7-11,8-12)21(26)30/h5-6,11-13,15,19H,1-4,7-10H2,(H2,26,30)(H,27,29). The fourth-order valence-corrected chi connectivity index (χ4v) is 10.1. The predicted molar refractivity (Wildman–Crippen MR) is 128 cm³/mol. The van der Waals surface area contributed by atoms with Crippen LogP contribution in [0.2, 0.25) is 10.0 Å². The number of rotatable bonds is 7. The van der Waals surface area contributed by atoms with E-state index in [1.54, 1.807) is 0 Å². The Bertz CT molecular complexity index is 1090. The average molecular weight is 579 g/mol. The number of hydrogen-bond acceptors (Lipinski definition) is 4. The van der Waals surface area contributed by atoms with Crippen LogP contribution >= 0.6 is 39.1 Å².